The van der Waals surface area contributed by atoms with Crippen molar-refractivity contribution in [2.24, 2.45) is 0 Å². The topological polar surface area (TPSA) is 77.8 Å². The van der Waals surface area contributed by atoms with Crippen LogP contribution < -0.4 is 0 Å². The molecule has 5 heteroatoms. The van der Waals surface area contributed by atoms with Crippen LogP contribution in [0.25, 0.3) is 0 Å². The standard InChI is InChI=1S/C7H13NO4/c1-2-3-8(4-5-9)6(10)7(11)12/h9H,2-5H2,1H3,(H,11,12). The molecule has 0 saturated heterocycles. The summed E-state index contributed by atoms with van der Waals surface area (Å²) in [5.74, 6) is -2.43. The number of nitrogens with zero attached hydrogens (tertiary/aromatic N) is 1. The summed E-state index contributed by atoms with van der Waals surface area (Å²) in [5.41, 5.74) is 0. The molecule has 0 atom stereocenters. The molecule has 5 nitrogen and oxygen atoms in total. The van der Waals surface area contributed by atoms with E-state index in [-0.39, 0.29) is 13.2 Å². The van der Waals surface area contributed by atoms with Gasteiger partial charge in [0.05, 0.1) is 6.61 Å². The third-order valence-electron chi connectivity index (χ3n) is 1.33. The van der Waals surface area contributed by atoms with E-state index < -0.39 is 11.9 Å². The largest absolute Gasteiger partial charge is 0.474 e. The number of hydrogen-bond donors (Lipinski definition) is 2. The third-order valence-corrected chi connectivity index (χ3v) is 1.33. The van der Waals surface area contributed by atoms with Gasteiger partial charge in [-0.1, -0.05) is 6.92 Å². The van der Waals surface area contributed by atoms with Crippen LogP contribution in [0.2, 0.25) is 0 Å². The highest BCUT2D eigenvalue weighted by molar-refractivity contribution is 6.31. The molecule has 0 aromatic rings. The fourth-order valence-corrected chi connectivity index (χ4v) is 0.841. The molecule has 0 saturated carbocycles. The molecule has 0 fully saturated rings. The van der Waals surface area contributed by atoms with Crippen molar-refractivity contribution in [3.8, 4) is 0 Å². The van der Waals surface area contributed by atoms with Crippen LogP contribution in [0, 0.1) is 0 Å². The first-order valence-electron chi connectivity index (χ1n) is 3.76. The van der Waals surface area contributed by atoms with E-state index in [1.54, 1.807) is 0 Å². The molecule has 0 rings (SSSR count). The maximum Gasteiger partial charge on any atom is 0.394 e. The summed E-state index contributed by atoms with van der Waals surface area (Å²) in [6, 6.07) is 0. The summed E-state index contributed by atoms with van der Waals surface area (Å²) in [4.78, 5) is 22.2. The smallest absolute Gasteiger partial charge is 0.394 e. The molecular weight excluding hydrogens is 162 g/mol. The van der Waals surface area contributed by atoms with Crippen molar-refractivity contribution < 1.29 is 19.8 Å². The number of aliphatic carboxylic acids is 1. The Labute approximate surface area is 70.6 Å². The Morgan fingerprint density at radius 3 is 2.25 bits per heavy atom. The Hall–Kier alpha value is -1.10. The SMILES string of the molecule is CCCN(CCO)C(=O)C(=O)O. The van der Waals surface area contributed by atoms with E-state index in [2.05, 4.69) is 0 Å². The molecule has 0 spiro atoms. The van der Waals surface area contributed by atoms with Crippen molar-refractivity contribution in [3.63, 3.8) is 0 Å². The third kappa shape index (κ3) is 3.34. The van der Waals surface area contributed by atoms with E-state index in [0.717, 1.165) is 4.90 Å². The van der Waals surface area contributed by atoms with E-state index >= 15 is 0 Å². The summed E-state index contributed by atoms with van der Waals surface area (Å²) < 4.78 is 0. The van der Waals surface area contributed by atoms with Crippen LogP contribution >= 0.6 is 0 Å². The zero-order valence-corrected chi connectivity index (χ0v) is 6.99. The summed E-state index contributed by atoms with van der Waals surface area (Å²) in [6.45, 7) is 2.07. The lowest BCUT2D eigenvalue weighted by Crippen LogP contribution is -2.38. The van der Waals surface area contributed by atoms with E-state index in [1.165, 1.54) is 0 Å². The Balaban J connectivity index is 4.08. The fraction of sp³-hybridized carbons (Fsp3) is 0.714. The number of aliphatic hydroxyl groups is 1. The number of rotatable bonds is 4. The lowest BCUT2D eigenvalue weighted by Gasteiger charge is -2.17. The van der Waals surface area contributed by atoms with E-state index in [9.17, 15) is 9.59 Å². The first-order chi connectivity index (χ1) is 5.63. The minimum atomic E-state index is -1.48. The lowest BCUT2D eigenvalue weighted by atomic mass is 10.4. The van der Waals surface area contributed by atoms with Crippen molar-refractivity contribution in [2.45, 2.75) is 13.3 Å². The van der Waals surface area contributed by atoms with Crippen molar-refractivity contribution in [1.82, 2.24) is 4.90 Å². The quantitative estimate of drug-likeness (QED) is 0.554. The van der Waals surface area contributed by atoms with Gasteiger partial charge >= 0.3 is 11.9 Å². The molecule has 0 bridgehead atoms. The second-order valence-corrected chi connectivity index (χ2v) is 2.32. The minimum Gasteiger partial charge on any atom is -0.474 e. The second-order valence-electron chi connectivity index (χ2n) is 2.32. The highest BCUT2D eigenvalue weighted by Gasteiger charge is 2.18. The maximum absolute atomic E-state index is 10.8. The molecule has 12 heavy (non-hydrogen) atoms. The number of carbonyl (C=O) groups excluding carboxylic acids is 1. The summed E-state index contributed by atoms with van der Waals surface area (Å²) in [7, 11) is 0. The van der Waals surface area contributed by atoms with Crippen LogP contribution in [-0.4, -0.2) is 46.7 Å². The summed E-state index contributed by atoms with van der Waals surface area (Å²) >= 11 is 0. The van der Waals surface area contributed by atoms with Crippen LogP contribution in [0.15, 0.2) is 0 Å². The van der Waals surface area contributed by atoms with Crippen LogP contribution in [0.5, 0.6) is 0 Å². The van der Waals surface area contributed by atoms with Gasteiger partial charge in [0, 0.05) is 13.1 Å². The minimum absolute atomic E-state index is 0.0823. The Bertz CT molecular complexity index is 163. The van der Waals surface area contributed by atoms with Gasteiger partial charge in [-0.25, -0.2) is 4.79 Å². The number of amides is 1. The van der Waals surface area contributed by atoms with Gasteiger partial charge in [-0.2, -0.15) is 0 Å². The highest BCUT2D eigenvalue weighted by atomic mass is 16.4. The Kier molecular flexibility index (Phi) is 5.03. The second kappa shape index (κ2) is 5.54. The molecule has 0 aliphatic heterocycles. The molecular formula is C7H13NO4. The maximum atomic E-state index is 10.8. The van der Waals surface area contributed by atoms with Crippen LogP contribution in [0.1, 0.15) is 13.3 Å². The number of hydrogen-bond acceptors (Lipinski definition) is 3. The molecule has 0 aromatic carbocycles. The molecule has 0 aliphatic rings. The van der Waals surface area contributed by atoms with E-state index in [0.29, 0.717) is 13.0 Å². The zero-order chi connectivity index (χ0) is 9.56. The average molecular weight is 175 g/mol. The number of carboxylic acid groups (broad SMARTS) is 1. The predicted molar refractivity (Wildman–Crippen MR) is 41.6 cm³/mol. The molecule has 1 amide bonds. The van der Waals surface area contributed by atoms with Gasteiger partial charge in [-0.15, -0.1) is 0 Å². The van der Waals surface area contributed by atoms with E-state index in [4.69, 9.17) is 10.2 Å². The first-order valence-corrected chi connectivity index (χ1v) is 3.76. The van der Waals surface area contributed by atoms with Gasteiger partial charge in [-0.3, -0.25) is 4.79 Å². The van der Waals surface area contributed by atoms with Crippen molar-refractivity contribution in [2.75, 3.05) is 19.7 Å². The highest BCUT2D eigenvalue weighted by Crippen LogP contribution is 1.92. The van der Waals surface area contributed by atoms with Crippen molar-refractivity contribution in [1.29, 1.82) is 0 Å². The molecule has 70 valence electrons. The van der Waals surface area contributed by atoms with Gasteiger partial charge < -0.3 is 15.1 Å². The monoisotopic (exact) mass is 175 g/mol. The molecule has 0 heterocycles. The molecule has 0 aromatic heterocycles. The lowest BCUT2D eigenvalue weighted by molar-refractivity contribution is -0.156. The normalized spacial score (nSPS) is 9.50. The average Bonchev–Trinajstić information content (AvgIpc) is 2.03. The van der Waals surface area contributed by atoms with Gasteiger partial charge in [0.1, 0.15) is 0 Å². The Morgan fingerprint density at radius 1 is 1.33 bits per heavy atom. The number of carboxylic acids is 1. The molecule has 0 aliphatic carbocycles. The Morgan fingerprint density at radius 2 is 1.92 bits per heavy atom. The zero-order valence-electron chi connectivity index (χ0n) is 6.99. The summed E-state index contributed by atoms with van der Waals surface area (Å²) in [6.07, 6.45) is 0.680. The van der Waals surface area contributed by atoms with E-state index in [1.807, 2.05) is 6.92 Å². The predicted octanol–water partition coefficient (Wildman–Crippen LogP) is -0.698. The van der Waals surface area contributed by atoms with Gasteiger partial charge in [0.2, 0.25) is 0 Å². The molecule has 0 radical (unpaired) electrons. The summed E-state index contributed by atoms with van der Waals surface area (Å²) in [5, 5.41) is 16.8. The van der Waals surface area contributed by atoms with Gasteiger partial charge in [0.25, 0.3) is 0 Å². The number of carbonyl (C=O) groups is 2. The van der Waals surface area contributed by atoms with Crippen LogP contribution in [-0.2, 0) is 9.59 Å². The van der Waals surface area contributed by atoms with Crippen LogP contribution in [0.3, 0.4) is 0 Å². The van der Waals surface area contributed by atoms with Crippen LogP contribution in [0.4, 0.5) is 0 Å². The fourth-order valence-electron chi connectivity index (χ4n) is 0.841. The first kappa shape index (κ1) is 10.9. The molecule has 0 unspecified atom stereocenters. The number of aliphatic hydroxyl groups excluding tert-OH is 1. The van der Waals surface area contributed by atoms with Crippen molar-refractivity contribution >= 4 is 11.9 Å². The van der Waals surface area contributed by atoms with Crippen molar-refractivity contribution in [3.05, 3.63) is 0 Å². The van der Waals surface area contributed by atoms with Gasteiger partial charge in [0.15, 0.2) is 0 Å². The van der Waals surface area contributed by atoms with Gasteiger partial charge in [-0.05, 0) is 6.42 Å². The molecule has 2 N–H and O–H groups in total.